The number of likely N-dealkylation sites (tertiary alicyclic amines) is 1. The van der Waals surface area contributed by atoms with Crippen molar-refractivity contribution in [1.29, 1.82) is 0 Å². The fourth-order valence-electron chi connectivity index (χ4n) is 3.33. The number of rotatable bonds is 6. The van der Waals surface area contributed by atoms with Crippen LogP contribution in [0.4, 0.5) is 0 Å². The molecule has 25 heavy (non-hydrogen) atoms. The minimum absolute atomic E-state index is 0.0627. The average Bonchev–Trinajstić information content (AvgIpc) is 3.26. The normalized spacial score (nSPS) is 15.9. The van der Waals surface area contributed by atoms with Gasteiger partial charge in [-0.15, -0.1) is 10.2 Å². The predicted octanol–water partition coefficient (Wildman–Crippen LogP) is 0.587. The second-order valence-corrected chi connectivity index (χ2v) is 6.65. The zero-order chi connectivity index (χ0) is 17.8. The molecular formula is C17H26N6O2. The van der Waals surface area contributed by atoms with E-state index in [0.717, 1.165) is 37.6 Å². The molecule has 8 heteroatoms. The van der Waals surface area contributed by atoms with Gasteiger partial charge in [0, 0.05) is 38.8 Å². The number of piperidine rings is 1. The smallest absolute Gasteiger partial charge is 0.270 e. The molecule has 3 heterocycles. The maximum atomic E-state index is 12.4. The highest BCUT2D eigenvalue weighted by Crippen LogP contribution is 2.27. The second kappa shape index (κ2) is 7.79. The Labute approximate surface area is 147 Å². The van der Waals surface area contributed by atoms with E-state index in [9.17, 15) is 4.79 Å². The van der Waals surface area contributed by atoms with E-state index in [4.69, 9.17) is 5.11 Å². The minimum atomic E-state index is 0.0627. The first-order valence-corrected chi connectivity index (χ1v) is 8.70. The van der Waals surface area contributed by atoms with Gasteiger partial charge in [0.1, 0.15) is 17.3 Å². The molecule has 1 saturated heterocycles. The van der Waals surface area contributed by atoms with E-state index in [1.807, 2.05) is 36.0 Å². The molecule has 0 spiro atoms. The van der Waals surface area contributed by atoms with Gasteiger partial charge in [-0.2, -0.15) is 0 Å². The third-order valence-electron chi connectivity index (χ3n) is 4.87. The van der Waals surface area contributed by atoms with Crippen LogP contribution in [-0.4, -0.2) is 73.9 Å². The molecule has 0 aliphatic carbocycles. The van der Waals surface area contributed by atoms with E-state index in [1.165, 1.54) is 0 Å². The van der Waals surface area contributed by atoms with Crippen LogP contribution in [0, 0.1) is 0 Å². The molecule has 136 valence electrons. The van der Waals surface area contributed by atoms with E-state index >= 15 is 0 Å². The van der Waals surface area contributed by atoms with Gasteiger partial charge >= 0.3 is 0 Å². The summed E-state index contributed by atoms with van der Waals surface area (Å²) in [6, 6.07) is 3.65. The lowest BCUT2D eigenvalue weighted by Crippen LogP contribution is -2.38. The van der Waals surface area contributed by atoms with E-state index in [0.29, 0.717) is 24.7 Å². The molecule has 1 aliphatic heterocycles. The Balaban J connectivity index is 1.60. The van der Waals surface area contributed by atoms with Gasteiger partial charge in [0.2, 0.25) is 0 Å². The Hall–Kier alpha value is -2.19. The molecule has 1 amide bonds. The molecule has 0 saturated carbocycles. The van der Waals surface area contributed by atoms with E-state index in [1.54, 1.807) is 6.20 Å². The summed E-state index contributed by atoms with van der Waals surface area (Å²) in [6.45, 7) is 2.87. The van der Waals surface area contributed by atoms with Gasteiger partial charge in [-0.1, -0.05) is 0 Å². The number of H-pyrrole nitrogens is 1. The van der Waals surface area contributed by atoms with E-state index < -0.39 is 0 Å². The number of amides is 1. The van der Waals surface area contributed by atoms with Gasteiger partial charge in [-0.05, 0) is 32.0 Å². The van der Waals surface area contributed by atoms with Crippen molar-refractivity contribution >= 4 is 5.91 Å². The van der Waals surface area contributed by atoms with Gasteiger partial charge in [-0.3, -0.25) is 9.69 Å². The van der Waals surface area contributed by atoms with Crippen LogP contribution in [0.25, 0.3) is 0 Å². The lowest BCUT2D eigenvalue weighted by atomic mass is 9.95. The van der Waals surface area contributed by atoms with Crippen LogP contribution in [0.5, 0.6) is 0 Å². The van der Waals surface area contributed by atoms with Crippen LogP contribution >= 0.6 is 0 Å². The van der Waals surface area contributed by atoms with Crippen molar-refractivity contribution in [1.82, 2.24) is 29.5 Å². The second-order valence-electron chi connectivity index (χ2n) is 6.65. The zero-order valence-electron chi connectivity index (χ0n) is 14.9. The van der Waals surface area contributed by atoms with E-state index in [2.05, 4.69) is 19.7 Å². The Morgan fingerprint density at radius 2 is 2.16 bits per heavy atom. The summed E-state index contributed by atoms with van der Waals surface area (Å²) in [7, 11) is 3.95. The van der Waals surface area contributed by atoms with Crippen molar-refractivity contribution in [2.75, 3.05) is 33.3 Å². The summed E-state index contributed by atoms with van der Waals surface area (Å²) in [5.74, 6) is 2.27. The number of carbonyl (C=O) groups excluding carboxylic acids is 1. The first kappa shape index (κ1) is 17.6. The van der Waals surface area contributed by atoms with Crippen molar-refractivity contribution in [2.24, 2.45) is 7.05 Å². The third kappa shape index (κ3) is 3.91. The van der Waals surface area contributed by atoms with Crippen molar-refractivity contribution in [3.8, 4) is 0 Å². The number of hydrogen-bond acceptors (Lipinski definition) is 5. The van der Waals surface area contributed by atoms with Crippen LogP contribution < -0.4 is 0 Å². The number of aliphatic hydroxyl groups excluding tert-OH is 1. The predicted molar refractivity (Wildman–Crippen MR) is 93.1 cm³/mol. The van der Waals surface area contributed by atoms with Crippen LogP contribution in [0.1, 0.15) is 40.9 Å². The first-order chi connectivity index (χ1) is 12.1. The highest BCUT2D eigenvalue weighted by atomic mass is 16.3. The fourth-order valence-corrected chi connectivity index (χ4v) is 3.33. The highest BCUT2D eigenvalue weighted by molar-refractivity contribution is 5.92. The van der Waals surface area contributed by atoms with Gasteiger partial charge in [-0.25, -0.2) is 0 Å². The average molecular weight is 346 g/mol. The largest absolute Gasteiger partial charge is 0.395 e. The Kier molecular flexibility index (Phi) is 5.50. The number of carbonyl (C=O) groups is 1. The third-order valence-corrected chi connectivity index (χ3v) is 4.87. The van der Waals surface area contributed by atoms with Gasteiger partial charge < -0.3 is 19.6 Å². The molecule has 0 bridgehead atoms. The molecular weight excluding hydrogens is 320 g/mol. The van der Waals surface area contributed by atoms with Crippen molar-refractivity contribution in [3.05, 3.63) is 35.7 Å². The van der Waals surface area contributed by atoms with Crippen molar-refractivity contribution in [2.45, 2.75) is 25.3 Å². The summed E-state index contributed by atoms with van der Waals surface area (Å²) in [4.78, 5) is 19.3. The standard InChI is InChI=1S/C17H26N6O2/c1-21(10-11-24)12-15-19-20-16(22(15)2)13-5-8-23(9-6-13)17(25)14-4-3-7-18-14/h3-4,7,13,18,24H,5-6,8-12H2,1-2H3. The summed E-state index contributed by atoms with van der Waals surface area (Å²) < 4.78 is 2.06. The number of likely N-dealkylation sites (N-methyl/N-ethyl adjacent to an activating group) is 1. The van der Waals surface area contributed by atoms with Crippen molar-refractivity contribution in [3.63, 3.8) is 0 Å². The maximum absolute atomic E-state index is 12.4. The molecule has 2 aromatic rings. The van der Waals surface area contributed by atoms with Crippen LogP contribution in [0.3, 0.4) is 0 Å². The zero-order valence-corrected chi connectivity index (χ0v) is 14.9. The van der Waals surface area contributed by atoms with Crippen LogP contribution in [0.2, 0.25) is 0 Å². The molecule has 1 aliphatic rings. The molecule has 1 fully saturated rings. The summed E-state index contributed by atoms with van der Waals surface area (Å²) in [5.41, 5.74) is 0.645. The number of hydrogen-bond donors (Lipinski definition) is 2. The Bertz CT molecular complexity index is 688. The number of aliphatic hydroxyl groups is 1. The van der Waals surface area contributed by atoms with Crippen molar-refractivity contribution < 1.29 is 9.90 Å². The summed E-state index contributed by atoms with van der Waals surface area (Å²) >= 11 is 0. The number of aromatic amines is 1. The molecule has 2 aromatic heterocycles. The Morgan fingerprint density at radius 3 is 2.80 bits per heavy atom. The topological polar surface area (TPSA) is 90.3 Å². The fraction of sp³-hybridized carbons (Fsp3) is 0.588. The molecule has 0 radical (unpaired) electrons. The van der Waals surface area contributed by atoms with Crippen LogP contribution in [0.15, 0.2) is 18.3 Å². The molecule has 0 unspecified atom stereocenters. The number of aromatic nitrogens is 4. The Morgan fingerprint density at radius 1 is 1.40 bits per heavy atom. The summed E-state index contributed by atoms with van der Waals surface area (Å²) in [5, 5.41) is 17.7. The molecule has 0 atom stereocenters. The monoisotopic (exact) mass is 346 g/mol. The SMILES string of the molecule is CN(CCO)Cc1nnc(C2CCN(C(=O)c3ccc[nH]3)CC2)n1C. The van der Waals surface area contributed by atoms with Gasteiger partial charge in [0.05, 0.1) is 13.2 Å². The molecule has 3 rings (SSSR count). The quantitative estimate of drug-likeness (QED) is 0.799. The number of nitrogens with zero attached hydrogens (tertiary/aromatic N) is 5. The molecule has 2 N–H and O–H groups in total. The minimum Gasteiger partial charge on any atom is -0.395 e. The van der Waals surface area contributed by atoms with Gasteiger partial charge in [0.25, 0.3) is 5.91 Å². The first-order valence-electron chi connectivity index (χ1n) is 8.70. The highest BCUT2D eigenvalue weighted by Gasteiger charge is 2.28. The lowest BCUT2D eigenvalue weighted by Gasteiger charge is -2.31. The van der Waals surface area contributed by atoms with Crippen LogP contribution in [-0.2, 0) is 13.6 Å². The number of nitrogens with one attached hydrogen (secondary N) is 1. The van der Waals surface area contributed by atoms with E-state index in [-0.39, 0.29) is 12.5 Å². The molecule has 8 nitrogen and oxygen atoms in total. The maximum Gasteiger partial charge on any atom is 0.270 e. The molecule has 0 aromatic carbocycles. The van der Waals surface area contributed by atoms with Gasteiger partial charge in [0.15, 0.2) is 0 Å². The summed E-state index contributed by atoms with van der Waals surface area (Å²) in [6.07, 6.45) is 3.56. The lowest BCUT2D eigenvalue weighted by molar-refractivity contribution is 0.0705.